The van der Waals surface area contributed by atoms with Crippen molar-refractivity contribution in [2.24, 2.45) is 0 Å². The minimum atomic E-state index is -0.638. The Kier molecular flexibility index (Phi) is 3.00. The van der Waals surface area contributed by atoms with E-state index in [1.165, 1.54) is 0 Å². The van der Waals surface area contributed by atoms with Crippen molar-refractivity contribution in [3.63, 3.8) is 0 Å². The standard InChI is InChI=1S/C8H10O5/c1-2-6(9)12-5-3-7(10)13-8(11)4-5/h5H,2-4H2,1H3. The maximum atomic E-state index is 10.8. The smallest absolute Gasteiger partial charge is 0.317 e. The number of esters is 3. The highest BCUT2D eigenvalue weighted by molar-refractivity contribution is 5.89. The molecular formula is C8H10O5. The van der Waals surface area contributed by atoms with E-state index in [1.54, 1.807) is 6.92 Å². The lowest BCUT2D eigenvalue weighted by Gasteiger charge is -2.19. The molecular weight excluding hydrogens is 176 g/mol. The summed E-state index contributed by atoms with van der Waals surface area (Å²) in [5.74, 6) is -1.68. The van der Waals surface area contributed by atoms with Gasteiger partial charge in [0.2, 0.25) is 0 Å². The molecule has 0 aromatic rings. The van der Waals surface area contributed by atoms with Gasteiger partial charge >= 0.3 is 17.9 Å². The Morgan fingerprint density at radius 1 is 1.46 bits per heavy atom. The zero-order valence-electron chi connectivity index (χ0n) is 7.24. The first-order valence-electron chi connectivity index (χ1n) is 4.04. The Hall–Kier alpha value is -1.39. The van der Waals surface area contributed by atoms with Crippen LogP contribution >= 0.6 is 0 Å². The van der Waals surface area contributed by atoms with E-state index in [0.29, 0.717) is 0 Å². The summed E-state index contributed by atoms with van der Waals surface area (Å²) in [6, 6.07) is 0. The van der Waals surface area contributed by atoms with Gasteiger partial charge in [0.25, 0.3) is 0 Å². The van der Waals surface area contributed by atoms with Gasteiger partial charge in [-0.25, -0.2) is 0 Å². The Morgan fingerprint density at radius 2 is 2.00 bits per heavy atom. The first-order valence-corrected chi connectivity index (χ1v) is 4.04. The Balaban J connectivity index is 2.46. The summed E-state index contributed by atoms with van der Waals surface area (Å²) in [6.07, 6.45) is -0.462. The molecule has 1 heterocycles. The number of cyclic esters (lactones) is 2. The fourth-order valence-electron chi connectivity index (χ4n) is 1.01. The molecule has 5 nitrogen and oxygen atoms in total. The fraction of sp³-hybridized carbons (Fsp3) is 0.625. The predicted octanol–water partition coefficient (Wildman–Crippen LogP) is 0.172. The Bertz CT molecular complexity index is 229. The van der Waals surface area contributed by atoms with Crippen LogP contribution in [0.15, 0.2) is 0 Å². The maximum absolute atomic E-state index is 10.8. The van der Waals surface area contributed by atoms with E-state index in [9.17, 15) is 14.4 Å². The van der Waals surface area contributed by atoms with E-state index in [2.05, 4.69) is 4.74 Å². The van der Waals surface area contributed by atoms with Gasteiger partial charge in [0.05, 0.1) is 12.8 Å². The zero-order chi connectivity index (χ0) is 9.84. The molecule has 0 aliphatic carbocycles. The molecule has 0 aromatic heterocycles. The van der Waals surface area contributed by atoms with Crippen LogP contribution in [0.25, 0.3) is 0 Å². The van der Waals surface area contributed by atoms with Crippen LogP contribution in [0.5, 0.6) is 0 Å². The van der Waals surface area contributed by atoms with Gasteiger partial charge in [-0.1, -0.05) is 6.92 Å². The summed E-state index contributed by atoms with van der Waals surface area (Å²) in [5.41, 5.74) is 0. The Morgan fingerprint density at radius 3 is 2.46 bits per heavy atom. The van der Waals surface area contributed by atoms with Crippen LogP contribution in [0, 0.1) is 0 Å². The molecule has 0 saturated carbocycles. The lowest BCUT2D eigenvalue weighted by molar-refractivity contribution is -0.172. The summed E-state index contributed by atoms with van der Waals surface area (Å²) in [4.78, 5) is 32.2. The van der Waals surface area contributed by atoms with Crippen molar-refractivity contribution in [3.8, 4) is 0 Å². The molecule has 0 unspecified atom stereocenters. The molecule has 1 aliphatic heterocycles. The highest BCUT2D eigenvalue weighted by Gasteiger charge is 2.29. The molecule has 0 radical (unpaired) electrons. The van der Waals surface area contributed by atoms with Gasteiger partial charge < -0.3 is 9.47 Å². The lowest BCUT2D eigenvalue weighted by Crippen LogP contribution is -2.32. The van der Waals surface area contributed by atoms with Crippen LogP contribution in [0.1, 0.15) is 26.2 Å². The summed E-state index contributed by atoms with van der Waals surface area (Å²) in [6.45, 7) is 1.64. The summed E-state index contributed by atoms with van der Waals surface area (Å²) >= 11 is 0. The molecule has 1 fully saturated rings. The van der Waals surface area contributed by atoms with Gasteiger partial charge in [-0.05, 0) is 0 Å². The van der Waals surface area contributed by atoms with Gasteiger partial charge in [0.1, 0.15) is 6.10 Å². The number of carbonyl (C=O) groups is 3. The largest absolute Gasteiger partial charge is 0.461 e. The van der Waals surface area contributed by atoms with Gasteiger partial charge in [0, 0.05) is 6.42 Å². The van der Waals surface area contributed by atoms with Crippen LogP contribution in [0.2, 0.25) is 0 Å². The number of hydrogen-bond acceptors (Lipinski definition) is 5. The molecule has 0 amide bonds. The van der Waals surface area contributed by atoms with Gasteiger partial charge in [-0.2, -0.15) is 0 Å². The van der Waals surface area contributed by atoms with E-state index in [0.717, 1.165) is 0 Å². The average Bonchev–Trinajstić information content (AvgIpc) is 2.02. The molecule has 1 saturated heterocycles. The number of rotatable bonds is 2. The lowest BCUT2D eigenvalue weighted by atomic mass is 10.1. The molecule has 5 heteroatoms. The molecule has 13 heavy (non-hydrogen) atoms. The van der Waals surface area contributed by atoms with Crippen molar-refractivity contribution in [2.75, 3.05) is 0 Å². The highest BCUT2D eigenvalue weighted by atomic mass is 16.6. The third-order valence-electron chi connectivity index (χ3n) is 1.60. The fourth-order valence-corrected chi connectivity index (χ4v) is 1.01. The highest BCUT2D eigenvalue weighted by Crippen LogP contribution is 2.13. The minimum Gasteiger partial charge on any atom is -0.461 e. The number of ether oxygens (including phenoxy) is 2. The molecule has 1 aliphatic rings. The van der Waals surface area contributed by atoms with Crippen LogP contribution in [0.4, 0.5) is 0 Å². The molecule has 72 valence electrons. The van der Waals surface area contributed by atoms with Crippen LogP contribution in [-0.2, 0) is 23.9 Å². The molecule has 1 rings (SSSR count). The molecule has 0 spiro atoms. The van der Waals surface area contributed by atoms with Crippen molar-refractivity contribution >= 4 is 17.9 Å². The quantitative estimate of drug-likeness (QED) is 0.454. The Labute approximate surface area is 75.0 Å². The molecule has 0 N–H and O–H groups in total. The second-order valence-electron chi connectivity index (χ2n) is 2.72. The summed E-state index contributed by atoms with van der Waals surface area (Å²) in [7, 11) is 0. The number of carbonyl (C=O) groups excluding carboxylic acids is 3. The first-order chi connectivity index (χ1) is 6.11. The third-order valence-corrected chi connectivity index (χ3v) is 1.60. The van der Waals surface area contributed by atoms with Crippen molar-refractivity contribution in [1.82, 2.24) is 0 Å². The number of hydrogen-bond donors (Lipinski definition) is 0. The van der Waals surface area contributed by atoms with Crippen molar-refractivity contribution < 1.29 is 23.9 Å². The monoisotopic (exact) mass is 186 g/mol. The van der Waals surface area contributed by atoms with Crippen molar-refractivity contribution in [3.05, 3.63) is 0 Å². The topological polar surface area (TPSA) is 69.7 Å². The third kappa shape index (κ3) is 2.85. The van der Waals surface area contributed by atoms with E-state index >= 15 is 0 Å². The van der Waals surface area contributed by atoms with E-state index < -0.39 is 24.0 Å². The average molecular weight is 186 g/mol. The van der Waals surface area contributed by atoms with Gasteiger partial charge in [0.15, 0.2) is 0 Å². The van der Waals surface area contributed by atoms with Crippen LogP contribution in [0.3, 0.4) is 0 Å². The van der Waals surface area contributed by atoms with E-state index in [1.807, 2.05) is 0 Å². The maximum Gasteiger partial charge on any atom is 0.317 e. The normalized spacial score (nSPS) is 18.2. The second kappa shape index (κ2) is 4.02. The molecule has 0 atom stereocenters. The van der Waals surface area contributed by atoms with E-state index in [4.69, 9.17) is 4.74 Å². The summed E-state index contributed by atoms with van der Waals surface area (Å²) < 4.78 is 9.08. The van der Waals surface area contributed by atoms with Gasteiger partial charge in [-0.3, -0.25) is 14.4 Å². The van der Waals surface area contributed by atoms with Crippen LogP contribution < -0.4 is 0 Å². The zero-order valence-corrected chi connectivity index (χ0v) is 7.24. The van der Waals surface area contributed by atoms with Crippen molar-refractivity contribution in [1.29, 1.82) is 0 Å². The minimum absolute atomic E-state index is 0.0303. The second-order valence-corrected chi connectivity index (χ2v) is 2.72. The van der Waals surface area contributed by atoms with E-state index in [-0.39, 0.29) is 19.3 Å². The molecule has 0 bridgehead atoms. The van der Waals surface area contributed by atoms with Gasteiger partial charge in [-0.15, -0.1) is 0 Å². The molecule has 0 aromatic carbocycles. The summed E-state index contributed by atoms with van der Waals surface area (Å²) in [5, 5.41) is 0. The predicted molar refractivity (Wildman–Crippen MR) is 40.5 cm³/mol. The SMILES string of the molecule is CCC(=O)OC1CC(=O)OC(=O)C1. The van der Waals surface area contributed by atoms with Crippen LogP contribution in [-0.4, -0.2) is 24.0 Å². The van der Waals surface area contributed by atoms with Crippen molar-refractivity contribution in [2.45, 2.75) is 32.3 Å². The first kappa shape index (κ1) is 9.70.